The molecule has 0 bridgehead atoms. The first-order chi connectivity index (χ1) is 20.2. The number of ether oxygens (including phenoxy) is 1. The summed E-state index contributed by atoms with van der Waals surface area (Å²) in [5, 5.41) is 7.65. The number of nitrogens with zero attached hydrogens (tertiary/aromatic N) is 1. The molecule has 3 unspecified atom stereocenters. The van der Waals surface area contributed by atoms with Gasteiger partial charge in [-0.1, -0.05) is 55.5 Å². The Morgan fingerprint density at radius 2 is 1.60 bits per heavy atom. The number of primary amides is 1. The van der Waals surface area contributed by atoms with Crippen LogP contribution in [0.25, 0.3) is 10.8 Å². The van der Waals surface area contributed by atoms with Crippen LogP contribution >= 0.6 is 0 Å². The first kappa shape index (κ1) is 33.1. The molecule has 0 saturated heterocycles. The van der Waals surface area contributed by atoms with Gasteiger partial charge in [0, 0.05) is 18.2 Å². The van der Waals surface area contributed by atoms with Crippen LogP contribution in [-0.2, 0) is 19.1 Å². The second-order valence-corrected chi connectivity index (χ2v) is 12.0. The molecule has 0 saturated carbocycles. The lowest BCUT2D eigenvalue weighted by Crippen LogP contribution is -2.55. The van der Waals surface area contributed by atoms with Crippen LogP contribution in [0.5, 0.6) is 0 Å². The number of benzene rings is 3. The molecule has 0 aliphatic heterocycles. The van der Waals surface area contributed by atoms with Crippen molar-refractivity contribution in [3.8, 4) is 0 Å². The average molecular weight is 589 g/mol. The Labute approximate surface area is 254 Å². The van der Waals surface area contributed by atoms with Crippen LogP contribution in [0.4, 0.5) is 10.5 Å². The molecular weight excluding hydrogens is 544 g/mol. The molecule has 0 radical (unpaired) electrons. The van der Waals surface area contributed by atoms with Crippen LogP contribution in [-0.4, -0.2) is 46.4 Å². The molecule has 0 heterocycles. The molecule has 230 valence electrons. The van der Waals surface area contributed by atoms with Gasteiger partial charge in [-0.15, -0.1) is 0 Å². The number of hydrogen-bond acceptors (Lipinski definition) is 5. The molecule has 0 fully saturated rings. The van der Waals surface area contributed by atoms with Gasteiger partial charge in [0.2, 0.25) is 11.8 Å². The number of nitrogens with one attached hydrogen (secondary N) is 2. The van der Waals surface area contributed by atoms with Crippen molar-refractivity contribution in [1.82, 2.24) is 10.2 Å². The highest BCUT2D eigenvalue weighted by Gasteiger charge is 2.38. The zero-order valence-electron chi connectivity index (χ0n) is 26.2. The predicted molar refractivity (Wildman–Crippen MR) is 169 cm³/mol. The Bertz CT molecular complexity index is 1480. The average Bonchev–Trinajstić information content (AvgIpc) is 2.93. The maximum absolute atomic E-state index is 14.4. The number of anilines is 1. The number of alkyl carbamates (subject to hydrolysis) is 1. The second-order valence-electron chi connectivity index (χ2n) is 12.0. The summed E-state index contributed by atoms with van der Waals surface area (Å²) in [5.74, 6) is -1.53. The number of rotatable bonds is 11. The summed E-state index contributed by atoms with van der Waals surface area (Å²) in [4.78, 5) is 54.6. The van der Waals surface area contributed by atoms with Crippen LogP contribution in [0.2, 0.25) is 0 Å². The van der Waals surface area contributed by atoms with E-state index in [1.165, 1.54) is 4.90 Å². The first-order valence-electron chi connectivity index (χ1n) is 14.7. The molecular formula is C34H44N4O5. The third kappa shape index (κ3) is 9.04. The van der Waals surface area contributed by atoms with Crippen molar-refractivity contribution in [2.75, 3.05) is 5.32 Å². The van der Waals surface area contributed by atoms with E-state index in [4.69, 9.17) is 10.5 Å². The number of carbonyl (C=O) groups excluding carboxylic acids is 4. The Morgan fingerprint density at radius 1 is 0.930 bits per heavy atom. The van der Waals surface area contributed by atoms with E-state index in [9.17, 15) is 19.2 Å². The fraction of sp³-hybridized carbons (Fsp3) is 0.412. The smallest absolute Gasteiger partial charge is 0.408 e. The van der Waals surface area contributed by atoms with Crippen molar-refractivity contribution in [1.29, 1.82) is 0 Å². The van der Waals surface area contributed by atoms with Crippen molar-refractivity contribution < 1.29 is 23.9 Å². The first-order valence-corrected chi connectivity index (χ1v) is 14.7. The SMILES string of the molecule is CCC(C)N(C(=O)C(CCC(N)=O)NC(=O)OC(C)(C)C)C(C(=O)Nc1ccc2ccccc2c1)c1ccc(C)c(C)c1. The lowest BCUT2D eigenvalue weighted by Gasteiger charge is -2.38. The fourth-order valence-electron chi connectivity index (χ4n) is 4.82. The van der Waals surface area contributed by atoms with E-state index in [1.807, 2.05) is 88.4 Å². The van der Waals surface area contributed by atoms with Gasteiger partial charge in [-0.25, -0.2) is 4.79 Å². The largest absolute Gasteiger partial charge is 0.444 e. The molecule has 3 rings (SSSR count). The summed E-state index contributed by atoms with van der Waals surface area (Å²) in [6.45, 7) is 12.8. The van der Waals surface area contributed by atoms with Crippen LogP contribution in [0.3, 0.4) is 0 Å². The van der Waals surface area contributed by atoms with E-state index in [0.29, 0.717) is 17.7 Å². The van der Waals surface area contributed by atoms with Crippen molar-refractivity contribution in [2.45, 2.75) is 91.5 Å². The Balaban J connectivity index is 2.08. The van der Waals surface area contributed by atoms with Crippen LogP contribution in [0.15, 0.2) is 60.7 Å². The molecule has 0 aliphatic rings. The number of amides is 4. The summed E-state index contributed by atoms with van der Waals surface area (Å²) < 4.78 is 5.41. The maximum Gasteiger partial charge on any atom is 0.408 e. The molecule has 3 aromatic rings. The lowest BCUT2D eigenvalue weighted by atomic mass is 9.96. The molecule has 4 amide bonds. The zero-order valence-corrected chi connectivity index (χ0v) is 26.2. The molecule has 3 atom stereocenters. The highest BCUT2D eigenvalue weighted by Crippen LogP contribution is 2.30. The highest BCUT2D eigenvalue weighted by molar-refractivity contribution is 6.00. The van der Waals surface area contributed by atoms with E-state index in [-0.39, 0.29) is 12.8 Å². The maximum atomic E-state index is 14.4. The molecule has 4 N–H and O–H groups in total. The van der Waals surface area contributed by atoms with E-state index in [2.05, 4.69) is 10.6 Å². The highest BCUT2D eigenvalue weighted by atomic mass is 16.6. The van der Waals surface area contributed by atoms with Crippen LogP contribution < -0.4 is 16.4 Å². The second kappa shape index (κ2) is 14.2. The van der Waals surface area contributed by atoms with Crippen molar-refractivity contribution in [3.63, 3.8) is 0 Å². The lowest BCUT2D eigenvalue weighted by molar-refractivity contribution is -0.143. The quantitative estimate of drug-likeness (QED) is 0.256. The van der Waals surface area contributed by atoms with E-state index in [0.717, 1.165) is 21.9 Å². The standard InChI is InChI=1S/C34H44N4O5/c1-8-23(4)38(32(41)28(17-18-29(35)39)37-33(42)43-34(5,6)7)30(26-14-13-21(2)22(3)19-26)31(40)36-27-16-15-24-11-9-10-12-25(24)20-27/h9-16,19-20,23,28,30H,8,17-18H2,1-7H3,(H2,35,39)(H,36,40)(H,37,42). The molecule has 3 aromatic carbocycles. The van der Waals surface area contributed by atoms with Gasteiger partial charge in [0.1, 0.15) is 17.7 Å². The number of carbonyl (C=O) groups is 4. The molecule has 0 aromatic heterocycles. The predicted octanol–water partition coefficient (Wildman–Crippen LogP) is 5.92. The summed E-state index contributed by atoms with van der Waals surface area (Å²) in [6.07, 6.45) is -0.460. The van der Waals surface area contributed by atoms with Crippen LogP contribution in [0, 0.1) is 13.8 Å². The third-order valence-electron chi connectivity index (χ3n) is 7.38. The van der Waals surface area contributed by atoms with Gasteiger partial charge in [-0.2, -0.15) is 0 Å². The van der Waals surface area contributed by atoms with Crippen molar-refractivity contribution in [2.24, 2.45) is 5.73 Å². The number of aryl methyl sites for hydroxylation is 2. The Morgan fingerprint density at radius 3 is 2.21 bits per heavy atom. The Hall–Kier alpha value is -4.40. The van der Waals surface area contributed by atoms with E-state index in [1.54, 1.807) is 20.8 Å². The minimum Gasteiger partial charge on any atom is -0.444 e. The van der Waals surface area contributed by atoms with E-state index < -0.39 is 47.5 Å². The summed E-state index contributed by atoms with van der Waals surface area (Å²) >= 11 is 0. The van der Waals surface area contributed by atoms with E-state index >= 15 is 0 Å². The summed E-state index contributed by atoms with van der Waals surface area (Å²) in [6, 6.07) is 16.6. The molecule has 9 heteroatoms. The summed E-state index contributed by atoms with van der Waals surface area (Å²) in [5.41, 5.74) is 7.84. The number of nitrogens with two attached hydrogens (primary N) is 1. The molecule has 43 heavy (non-hydrogen) atoms. The number of fused-ring (bicyclic) bond motifs is 1. The summed E-state index contributed by atoms with van der Waals surface area (Å²) in [7, 11) is 0. The van der Waals surface area contributed by atoms with Crippen molar-refractivity contribution >= 4 is 40.3 Å². The molecule has 0 aliphatic carbocycles. The van der Waals surface area contributed by atoms with Gasteiger partial charge >= 0.3 is 6.09 Å². The van der Waals surface area contributed by atoms with Gasteiger partial charge in [0.25, 0.3) is 5.91 Å². The third-order valence-corrected chi connectivity index (χ3v) is 7.38. The zero-order chi connectivity index (χ0) is 31.9. The van der Waals surface area contributed by atoms with Gasteiger partial charge < -0.3 is 26.0 Å². The van der Waals surface area contributed by atoms with Crippen LogP contribution in [0.1, 0.15) is 76.6 Å². The van der Waals surface area contributed by atoms with Gasteiger partial charge in [0.05, 0.1) is 0 Å². The van der Waals surface area contributed by atoms with Crippen molar-refractivity contribution in [3.05, 3.63) is 77.4 Å². The topological polar surface area (TPSA) is 131 Å². The van der Waals surface area contributed by atoms with Gasteiger partial charge in [-0.05, 0) is 94.0 Å². The molecule has 0 spiro atoms. The minimum atomic E-state index is -1.15. The van der Waals surface area contributed by atoms with Gasteiger partial charge in [-0.3, -0.25) is 14.4 Å². The Kier molecular flexibility index (Phi) is 10.9. The molecule has 9 nitrogen and oxygen atoms in total. The number of hydrogen-bond donors (Lipinski definition) is 3. The minimum absolute atomic E-state index is 0.0493. The van der Waals surface area contributed by atoms with Gasteiger partial charge in [0.15, 0.2) is 0 Å². The fourth-order valence-corrected chi connectivity index (χ4v) is 4.82. The normalized spacial score (nSPS) is 13.5. The monoisotopic (exact) mass is 588 g/mol.